The molecule has 0 amide bonds. The van der Waals surface area contributed by atoms with E-state index in [0.29, 0.717) is 17.5 Å². The zero-order valence-corrected chi connectivity index (χ0v) is 13.4. The summed E-state index contributed by atoms with van der Waals surface area (Å²) in [4.78, 5) is 14.3. The molecule has 0 N–H and O–H groups in total. The van der Waals surface area contributed by atoms with Crippen molar-refractivity contribution < 1.29 is 4.79 Å². The summed E-state index contributed by atoms with van der Waals surface area (Å²) in [6.07, 6.45) is 2.56. The van der Waals surface area contributed by atoms with Crippen molar-refractivity contribution in [2.24, 2.45) is 0 Å². The predicted molar refractivity (Wildman–Crippen MR) is 87.3 cm³/mol. The summed E-state index contributed by atoms with van der Waals surface area (Å²) in [7, 11) is 0. The van der Waals surface area contributed by atoms with Gasteiger partial charge in [-0.25, -0.2) is 0 Å². The van der Waals surface area contributed by atoms with Crippen molar-refractivity contribution in [3.8, 4) is 0 Å². The first-order chi connectivity index (χ1) is 9.65. The Kier molecular flexibility index (Phi) is 6.11. The van der Waals surface area contributed by atoms with Gasteiger partial charge in [-0.3, -0.25) is 9.69 Å². The molecule has 1 heterocycles. The third-order valence-electron chi connectivity index (χ3n) is 3.75. The highest BCUT2D eigenvalue weighted by Crippen LogP contribution is 2.18. The lowest BCUT2D eigenvalue weighted by molar-refractivity contribution is -0.119. The maximum absolute atomic E-state index is 11.9. The Morgan fingerprint density at radius 1 is 1.25 bits per heavy atom. The van der Waals surface area contributed by atoms with E-state index in [9.17, 15) is 4.79 Å². The zero-order valence-electron chi connectivity index (χ0n) is 12.6. The molecule has 1 aliphatic rings. The van der Waals surface area contributed by atoms with Gasteiger partial charge in [0.1, 0.15) is 5.78 Å². The molecule has 0 fully saturated rings. The van der Waals surface area contributed by atoms with Gasteiger partial charge in [0.25, 0.3) is 0 Å². The van der Waals surface area contributed by atoms with Gasteiger partial charge >= 0.3 is 0 Å². The lowest BCUT2D eigenvalue weighted by Crippen LogP contribution is -2.32. The van der Waals surface area contributed by atoms with Crippen molar-refractivity contribution in [2.75, 3.05) is 18.8 Å². The molecule has 0 spiro atoms. The number of hydrogen-bond acceptors (Lipinski definition) is 3. The van der Waals surface area contributed by atoms with Crippen LogP contribution in [0.1, 0.15) is 37.8 Å². The summed E-state index contributed by atoms with van der Waals surface area (Å²) in [5.74, 6) is 1.39. The lowest BCUT2D eigenvalue weighted by atomic mass is 10.00. The molecule has 2 rings (SSSR count). The predicted octanol–water partition coefficient (Wildman–Crippen LogP) is 3.54. The minimum absolute atomic E-state index is 0.414. The van der Waals surface area contributed by atoms with Crippen LogP contribution in [0.15, 0.2) is 24.3 Å². The number of fused-ring (bicyclic) bond motifs is 1. The first-order valence-electron chi connectivity index (χ1n) is 7.57. The Morgan fingerprint density at radius 3 is 2.75 bits per heavy atom. The molecule has 1 aliphatic heterocycles. The number of rotatable bonds is 7. The minimum Gasteiger partial charge on any atom is -0.300 e. The van der Waals surface area contributed by atoms with Gasteiger partial charge in [0.15, 0.2) is 0 Å². The first kappa shape index (κ1) is 15.6. The average molecular weight is 291 g/mol. The van der Waals surface area contributed by atoms with Crippen LogP contribution in [0.4, 0.5) is 0 Å². The van der Waals surface area contributed by atoms with Crippen LogP contribution in [0.5, 0.6) is 0 Å². The van der Waals surface area contributed by atoms with Crippen LogP contribution in [0, 0.1) is 0 Å². The second-order valence-electron chi connectivity index (χ2n) is 5.75. The highest BCUT2D eigenvalue weighted by atomic mass is 32.2. The monoisotopic (exact) mass is 291 g/mol. The Labute approximate surface area is 126 Å². The quantitative estimate of drug-likeness (QED) is 0.766. The maximum atomic E-state index is 11.9. The summed E-state index contributed by atoms with van der Waals surface area (Å²) in [6.45, 7) is 7.37. The van der Waals surface area contributed by atoms with E-state index >= 15 is 0 Å². The van der Waals surface area contributed by atoms with Crippen LogP contribution in [-0.4, -0.2) is 34.8 Å². The first-order valence-corrected chi connectivity index (χ1v) is 8.62. The van der Waals surface area contributed by atoms with Gasteiger partial charge in [-0.2, -0.15) is 11.8 Å². The summed E-state index contributed by atoms with van der Waals surface area (Å²) < 4.78 is 0. The van der Waals surface area contributed by atoms with Crippen molar-refractivity contribution in [3.63, 3.8) is 0 Å². The van der Waals surface area contributed by atoms with E-state index in [1.165, 1.54) is 11.1 Å². The molecule has 1 aromatic rings. The summed E-state index contributed by atoms with van der Waals surface area (Å²) in [5.41, 5.74) is 2.91. The molecule has 0 saturated heterocycles. The molecule has 1 aromatic carbocycles. The molecule has 0 unspecified atom stereocenters. The lowest BCUT2D eigenvalue weighted by Gasteiger charge is -2.28. The van der Waals surface area contributed by atoms with E-state index in [0.717, 1.165) is 38.2 Å². The smallest absolute Gasteiger partial charge is 0.135 e. The van der Waals surface area contributed by atoms with Crippen LogP contribution in [0.2, 0.25) is 0 Å². The molecular formula is C17H25NOS. The van der Waals surface area contributed by atoms with E-state index in [2.05, 4.69) is 43.0 Å². The molecule has 0 aliphatic carbocycles. The van der Waals surface area contributed by atoms with Gasteiger partial charge in [-0.1, -0.05) is 38.1 Å². The van der Waals surface area contributed by atoms with Crippen molar-refractivity contribution >= 4 is 17.5 Å². The molecular weight excluding hydrogens is 266 g/mol. The number of carbonyl (C=O) groups excluding carboxylic acids is 1. The maximum Gasteiger partial charge on any atom is 0.135 e. The Morgan fingerprint density at radius 2 is 2.00 bits per heavy atom. The standard InChI is InChI=1S/C17H25NOS/c1-14(2)20-12-9-17(19)8-11-18-10-7-15-5-3-4-6-16(15)13-18/h3-6,14H,7-13H2,1-2H3. The number of nitrogens with zero attached hydrogens (tertiary/aromatic N) is 1. The summed E-state index contributed by atoms with van der Waals surface area (Å²) in [6, 6.07) is 8.66. The molecule has 0 bridgehead atoms. The second kappa shape index (κ2) is 7.84. The van der Waals surface area contributed by atoms with E-state index in [-0.39, 0.29) is 0 Å². The fourth-order valence-electron chi connectivity index (χ4n) is 2.56. The van der Waals surface area contributed by atoms with E-state index in [4.69, 9.17) is 0 Å². The average Bonchev–Trinajstić information content (AvgIpc) is 2.44. The number of Topliss-reactive ketones (excluding diaryl/α,β-unsaturated/α-hetero) is 1. The third kappa shape index (κ3) is 4.95. The number of carbonyl (C=O) groups is 1. The normalized spacial score (nSPS) is 15.3. The van der Waals surface area contributed by atoms with Gasteiger partial charge in [0, 0.05) is 38.2 Å². The third-order valence-corrected chi connectivity index (χ3v) is 4.86. The summed E-state index contributed by atoms with van der Waals surface area (Å²) in [5, 5.41) is 0.626. The fraction of sp³-hybridized carbons (Fsp3) is 0.588. The van der Waals surface area contributed by atoms with Crippen molar-refractivity contribution in [1.82, 2.24) is 4.90 Å². The van der Waals surface area contributed by atoms with Gasteiger partial charge in [0.05, 0.1) is 0 Å². The van der Waals surface area contributed by atoms with Gasteiger partial charge in [-0.15, -0.1) is 0 Å². The molecule has 2 nitrogen and oxygen atoms in total. The number of hydrogen-bond donors (Lipinski definition) is 0. The zero-order chi connectivity index (χ0) is 14.4. The minimum atomic E-state index is 0.414. The van der Waals surface area contributed by atoms with Gasteiger partial charge in [-0.05, 0) is 22.8 Å². The molecule has 0 aromatic heterocycles. The SMILES string of the molecule is CC(C)SCCC(=O)CCN1CCc2ccccc2C1. The molecule has 110 valence electrons. The molecule has 20 heavy (non-hydrogen) atoms. The van der Waals surface area contributed by atoms with E-state index in [1.807, 2.05) is 11.8 Å². The topological polar surface area (TPSA) is 20.3 Å². The Bertz CT molecular complexity index is 444. The van der Waals surface area contributed by atoms with Gasteiger partial charge < -0.3 is 0 Å². The Balaban J connectivity index is 1.69. The van der Waals surface area contributed by atoms with Gasteiger partial charge in [0.2, 0.25) is 0 Å². The molecule has 0 saturated carbocycles. The van der Waals surface area contributed by atoms with Crippen LogP contribution in [0.3, 0.4) is 0 Å². The molecule has 0 atom stereocenters. The van der Waals surface area contributed by atoms with Crippen LogP contribution >= 0.6 is 11.8 Å². The van der Waals surface area contributed by atoms with Crippen LogP contribution in [-0.2, 0) is 17.8 Å². The van der Waals surface area contributed by atoms with Crippen LogP contribution in [0.25, 0.3) is 0 Å². The van der Waals surface area contributed by atoms with Crippen LogP contribution < -0.4 is 0 Å². The summed E-state index contributed by atoms with van der Waals surface area (Å²) >= 11 is 1.88. The van der Waals surface area contributed by atoms with Crippen molar-refractivity contribution in [1.29, 1.82) is 0 Å². The Hall–Kier alpha value is -0.800. The number of ketones is 1. The molecule has 3 heteroatoms. The van der Waals surface area contributed by atoms with E-state index in [1.54, 1.807) is 0 Å². The highest BCUT2D eigenvalue weighted by Gasteiger charge is 2.16. The highest BCUT2D eigenvalue weighted by molar-refractivity contribution is 7.99. The second-order valence-corrected chi connectivity index (χ2v) is 7.44. The molecule has 0 radical (unpaired) electrons. The van der Waals surface area contributed by atoms with Crippen molar-refractivity contribution in [3.05, 3.63) is 35.4 Å². The number of benzene rings is 1. The van der Waals surface area contributed by atoms with Crippen molar-refractivity contribution in [2.45, 2.75) is 44.9 Å². The van der Waals surface area contributed by atoms with E-state index < -0.39 is 0 Å². The largest absolute Gasteiger partial charge is 0.300 e. The fourth-order valence-corrected chi connectivity index (χ4v) is 3.38. The number of thioether (sulfide) groups is 1.